The van der Waals surface area contributed by atoms with Gasteiger partial charge in [-0.15, -0.1) is 0 Å². The summed E-state index contributed by atoms with van der Waals surface area (Å²) >= 11 is 0. The smallest absolute Gasteiger partial charge is 0.359 e. The predicted octanol–water partition coefficient (Wildman–Crippen LogP) is -0.943. The monoisotopic (exact) mass is 218 g/mol. The molecule has 84 valence electrons. The van der Waals surface area contributed by atoms with Crippen LogP contribution in [0.25, 0.3) is 0 Å². The fraction of sp³-hybridized carbons (Fsp3) is 0.625. The molecule has 15 heavy (non-hydrogen) atoms. The van der Waals surface area contributed by atoms with Gasteiger partial charge in [-0.1, -0.05) is 0 Å². The summed E-state index contributed by atoms with van der Waals surface area (Å²) in [5.41, 5.74) is 0. The number of piperazine rings is 1. The van der Waals surface area contributed by atoms with E-state index in [0.29, 0.717) is 11.4 Å². The number of hydrogen-bond donors (Lipinski definition) is 1. The number of nitrogens with zero attached hydrogens (tertiary/aromatic N) is 2. The molecule has 1 unspecified atom stereocenters. The van der Waals surface area contributed by atoms with Crippen LogP contribution in [0.5, 0.6) is 0 Å². The van der Waals surface area contributed by atoms with E-state index < -0.39 is 24.1 Å². The highest BCUT2D eigenvalue weighted by molar-refractivity contribution is 6.35. The Morgan fingerprint density at radius 3 is 2.53 bits per heavy atom. The van der Waals surface area contributed by atoms with Gasteiger partial charge in [0.2, 0.25) is 0 Å². The Bertz CT molecular complexity index is 307. The summed E-state index contributed by atoms with van der Waals surface area (Å²) in [6.07, 6.45) is -2.44. The van der Waals surface area contributed by atoms with Crippen LogP contribution < -0.4 is 0 Å². The van der Waals surface area contributed by atoms with E-state index in [1.807, 2.05) is 0 Å². The first-order valence-electron chi connectivity index (χ1n) is 4.45. The largest absolute Gasteiger partial charge is 0.478 e. The maximum atomic E-state index is 13.0. The molecule has 0 aromatic rings. The van der Waals surface area contributed by atoms with E-state index in [9.17, 15) is 18.8 Å². The van der Waals surface area contributed by atoms with E-state index in [2.05, 4.69) is 0 Å². The van der Waals surface area contributed by atoms with Gasteiger partial charge in [0.05, 0.1) is 0 Å². The van der Waals surface area contributed by atoms with Crippen LogP contribution in [0.1, 0.15) is 6.92 Å². The lowest BCUT2D eigenvalue weighted by Crippen LogP contribution is -2.57. The molecule has 1 rings (SSSR count). The number of carbonyl (C=O) groups excluding carboxylic acids is 2. The Morgan fingerprint density at radius 2 is 2.07 bits per heavy atom. The molecule has 7 heteroatoms. The van der Waals surface area contributed by atoms with Gasteiger partial charge in [-0.3, -0.25) is 14.5 Å². The fourth-order valence-corrected chi connectivity index (χ4v) is 1.34. The zero-order chi connectivity index (χ0) is 11.6. The van der Waals surface area contributed by atoms with Crippen LogP contribution in [0.15, 0.2) is 0 Å². The van der Waals surface area contributed by atoms with Gasteiger partial charge in [0.15, 0.2) is 0 Å². The molecule has 2 amide bonds. The van der Waals surface area contributed by atoms with E-state index in [-0.39, 0.29) is 13.1 Å². The van der Waals surface area contributed by atoms with Crippen molar-refractivity contribution in [3.05, 3.63) is 0 Å². The standard InChI is InChI=1S/C8H11FN2O4/c1-2-10-3-4-11(5(9)8(14)15)7(13)6(10)12/h5H,2-4H2,1H3,(H,14,15). The number of hydrogen-bond acceptors (Lipinski definition) is 3. The topological polar surface area (TPSA) is 77.9 Å². The first-order chi connectivity index (χ1) is 6.99. The van der Waals surface area contributed by atoms with E-state index >= 15 is 0 Å². The summed E-state index contributed by atoms with van der Waals surface area (Å²) in [5, 5.41) is 8.37. The summed E-state index contributed by atoms with van der Waals surface area (Å²) in [7, 11) is 0. The van der Waals surface area contributed by atoms with Crippen molar-refractivity contribution in [2.24, 2.45) is 0 Å². The molecule has 0 spiro atoms. The van der Waals surface area contributed by atoms with Crippen molar-refractivity contribution in [1.29, 1.82) is 0 Å². The predicted molar refractivity (Wildman–Crippen MR) is 46.5 cm³/mol. The van der Waals surface area contributed by atoms with Gasteiger partial charge in [0, 0.05) is 19.6 Å². The van der Waals surface area contributed by atoms with Gasteiger partial charge in [-0.25, -0.2) is 9.18 Å². The van der Waals surface area contributed by atoms with Gasteiger partial charge in [-0.2, -0.15) is 0 Å². The first-order valence-corrected chi connectivity index (χ1v) is 4.45. The number of carboxylic acid groups (broad SMARTS) is 1. The van der Waals surface area contributed by atoms with Crippen molar-refractivity contribution in [1.82, 2.24) is 9.80 Å². The Hall–Kier alpha value is -1.66. The van der Waals surface area contributed by atoms with Crippen LogP contribution in [-0.2, 0) is 14.4 Å². The minimum Gasteiger partial charge on any atom is -0.478 e. The molecule has 1 atom stereocenters. The molecule has 0 aliphatic carbocycles. The van der Waals surface area contributed by atoms with Crippen LogP contribution in [0.3, 0.4) is 0 Å². The molecule has 6 nitrogen and oxygen atoms in total. The Balaban J connectivity index is 2.77. The first kappa shape index (κ1) is 11.4. The van der Waals surface area contributed by atoms with Crippen molar-refractivity contribution in [3.63, 3.8) is 0 Å². The lowest BCUT2D eigenvalue weighted by atomic mass is 10.3. The van der Waals surface area contributed by atoms with Gasteiger partial charge in [0.1, 0.15) is 0 Å². The Labute approximate surface area is 85.3 Å². The lowest BCUT2D eigenvalue weighted by Gasteiger charge is -2.33. The van der Waals surface area contributed by atoms with Gasteiger partial charge in [0.25, 0.3) is 6.30 Å². The highest BCUT2D eigenvalue weighted by Crippen LogP contribution is 2.10. The minimum absolute atomic E-state index is 0.0914. The van der Waals surface area contributed by atoms with Crippen molar-refractivity contribution < 1.29 is 23.9 Å². The molecule has 0 bridgehead atoms. The SMILES string of the molecule is CCN1CCN(C(F)C(=O)O)C(=O)C1=O. The van der Waals surface area contributed by atoms with E-state index in [4.69, 9.17) is 5.11 Å². The highest BCUT2D eigenvalue weighted by atomic mass is 19.1. The maximum absolute atomic E-state index is 13.0. The normalized spacial score (nSPS) is 19.3. The molecule has 1 heterocycles. The second-order valence-corrected chi connectivity index (χ2v) is 3.06. The Kier molecular flexibility index (Phi) is 3.23. The average molecular weight is 218 g/mol. The third-order valence-electron chi connectivity index (χ3n) is 2.20. The number of aliphatic carboxylic acids is 1. The fourth-order valence-electron chi connectivity index (χ4n) is 1.34. The summed E-state index contributed by atoms with van der Waals surface area (Å²) in [6.45, 7) is 2.11. The van der Waals surface area contributed by atoms with Crippen molar-refractivity contribution in [3.8, 4) is 0 Å². The number of carboxylic acids is 1. The molecule has 1 N–H and O–H groups in total. The third kappa shape index (κ3) is 2.05. The summed E-state index contributed by atoms with van der Waals surface area (Å²) < 4.78 is 13.0. The third-order valence-corrected chi connectivity index (χ3v) is 2.20. The molecule has 0 aromatic heterocycles. The molecule has 1 aliphatic heterocycles. The summed E-state index contributed by atoms with van der Waals surface area (Å²) in [4.78, 5) is 34.5. The molecule has 0 aromatic carbocycles. The quantitative estimate of drug-likeness (QED) is 0.489. The number of amides is 2. The molecular weight excluding hydrogens is 207 g/mol. The van der Waals surface area contributed by atoms with Crippen molar-refractivity contribution in [2.45, 2.75) is 13.2 Å². The number of carbonyl (C=O) groups is 3. The van der Waals surface area contributed by atoms with Crippen LogP contribution >= 0.6 is 0 Å². The molecule has 1 aliphatic rings. The number of likely N-dealkylation sites (N-methyl/N-ethyl adjacent to an activating group) is 1. The van der Waals surface area contributed by atoms with E-state index in [0.717, 1.165) is 0 Å². The average Bonchev–Trinajstić information content (AvgIpc) is 2.21. The minimum atomic E-state index is -2.44. The van der Waals surface area contributed by atoms with Crippen LogP contribution in [0.2, 0.25) is 0 Å². The molecule has 0 saturated carbocycles. The molecule has 1 fully saturated rings. The van der Waals surface area contributed by atoms with Crippen LogP contribution in [-0.4, -0.2) is 58.6 Å². The Morgan fingerprint density at radius 1 is 1.47 bits per heavy atom. The number of rotatable bonds is 3. The van der Waals surface area contributed by atoms with Gasteiger partial charge >= 0.3 is 17.8 Å². The zero-order valence-corrected chi connectivity index (χ0v) is 8.14. The summed E-state index contributed by atoms with van der Waals surface area (Å²) in [6, 6.07) is 0. The van der Waals surface area contributed by atoms with Gasteiger partial charge < -0.3 is 10.0 Å². The van der Waals surface area contributed by atoms with E-state index in [1.165, 1.54) is 4.90 Å². The maximum Gasteiger partial charge on any atom is 0.359 e. The second kappa shape index (κ2) is 4.24. The van der Waals surface area contributed by atoms with Gasteiger partial charge in [-0.05, 0) is 6.92 Å². The summed E-state index contributed by atoms with van der Waals surface area (Å²) in [5.74, 6) is -3.72. The molecule has 0 radical (unpaired) electrons. The van der Waals surface area contributed by atoms with Crippen molar-refractivity contribution in [2.75, 3.05) is 19.6 Å². The highest BCUT2D eigenvalue weighted by Gasteiger charge is 2.38. The molecule has 1 saturated heterocycles. The van der Waals surface area contributed by atoms with Crippen LogP contribution in [0.4, 0.5) is 4.39 Å². The number of halogens is 1. The zero-order valence-electron chi connectivity index (χ0n) is 8.14. The number of alkyl halides is 1. The van der Waals surface area contributed by atoms with Crippen molar-refractivity contribution >= 4 is 17.8 Å². The second-order valence-electron chi connectivity index (χ2n) is 3.06. The lowest BCUT2D eigenvalue weighted by molar-refractivity contribution is -0.167. The van der Waals surface area contributed by atoms with Crippen LogP contribution in [0, 0.1) is 0 Å². The molecular formula is C8H11FN2O4. The van der Waals surface area contributed by atoms with E-state index in [1.54, 1.807) is 6.92 Å².